The second-order valence-corrected chi connectivity index (χ2v) is 7.91. The van der Waals surface area contributed by atoms with Crippen molar-refractivity contribution in [1.82, 2.24) is 20.0 Å². The van der Waals surface area contributed by atoms with Gasteiger partial charge in [0.05, 0.1) is 0 Å². The first-order chi connectivity index (χ1) is 12.7. The Morgan fingerprint density at radius 1 is 1.12 bits per heavy atom. The van der Waals surface area contributed by atoms with Crippen molar-refractivity contribution in [2.75, 3.05) is 33.2 Å². The SMILES string of the molecule is CN1C[C@@H](c2ccccc2)CC2(CCN(C(=O)c3cccnn3)CC2)C1. The van der Waals surface area contributed by atoms with Crippen molar-refractivity contribution >= 4 is 5.91 Å². The molecule has 0 unspecified atom stereocenters. The Kier molecular flexibility index (Phi) is 4.72. The van der Waals surface area contributed by atoms with E-state index < -0.39 is 0 Å². The zero-order chi connectivity index (χ0) is 18.0. The predicted molar refractivity (Wildman–Crippen MR) is 101 cm³/mol. The van der Waals surface area contributed by atoms with Gasteiger partial charge in [0, 0.05) is 32.4 Å². The molecule has 3 heterocycles. The highest BCUT2D eigenvalue weighted by molar-refractivity contribution is 5.92. The van der Waals surface area contributed by atoms with Gasteiger partial charge < -0.3 is 9.80 Å². The van der Waals surface area contributed by atoms with Gasteiger partial charge in [0.15, 0.2) is 5.69 Å². The van der Waals surface area contributed by atoms with Crippen LogP contribution in [0, 0.1) is 5.41 Å². The minimum absolute atomic E-state index is 0.0109. The fraction of sp³-hybridized carbons (Fsp3) is 0.476. The van der Waals surface area contributed by atoms with Crippen LogP contribution in [0.1, 0.15) is 41.2 Å². The van der Waals surface area contributed by atoms with Crippen LogP contribution in [0.25, 0.3) is 0 Å². The van der Waals surface area contributed by atoms with Gasteiger partial charge in [-0.05, 0) is 55.3 Å². The molecule has 1 aromatic heterocycles. The van der Waals surface area contributed by atoms with Crippen LogP contribution >= 0.6 is 0 Å². The standard InChI is InChI=1S/C21H26N4O/c1-24-15-18(17-6-3-2-4-7-17)14-21(16-24)9-12-25(13-10-21)20(26)19-8-5-11-22-23-19/h2-8,11,18H,9-10,12-16H2,1H3/t18-/m0/s1. The molecular weight excluding hydrogens is 324 g/mol. The smallest absolute Gasteiger partial charge is 0.274 e. The van der Waals surface area contributed by atoms with Gasteiger partial charge in [0.1, 0.15) is 0 Å². The summed E-state index contributed by atoms with van der Waals surface area (Å²) in [4.78, 5) is 17.1. The molecular formula is C21H26N4O. The Balaban J connectivity index is 1.45. The molecule has 2 aliphatic rings. The van der Waals surface area contributed by atoms with Gasteiger partial charge in [0.2, 0.25) is 0 Å². The molecule has 2 aliphatic heterocycles. The van der Waals surface area contributed by atoms with Crippen LogP contribution < -0.4 is 0 Å². The lowest BCUT2D eigenvalue weighted by atomic mass is 9.68. The zero-order valence-electron chi connectivity index (χ0n) is 15.3. The summed E-state index contributed by atoms with van der Waals surface area (Å²) in [6.07, 6.45) is 4.94. The molecule has 136 valence electrons. The number of likely N-dealkylation sites (tertiary alicyclic amines) is 2. The molecule has 0 bridgehead atoms. The minimum atomic E-state index is 0.0109. The van der Waals surface area contributed by atoms with E-state index in [0.717, 1.165) is 39.0 Å². The van der Waals surface area contributed by atoms with E-state index in [1.165, 1.54) is 12.0 Å². The highest BCUT2D eigenvalue weighted by Crippen LogP contribution is 2.44. The number of carbonyl (C=O) groups excluding carboxylic acids is 1. The van der Waals surface area contributed by atoms with Gasteiger partial charge in [-0.1, -0.05) is 30.3 Å². The van der Waals surface area contributed by atoms with Crippen LogP contribution in [0.2, 0.25) is 0 Å². The number of carbonyl (C=O) groups is 1. The number of nitrogens with zero attached hydrogens (tertiary/aromatic N) is 4. The van der Waals surface area contributed by atoms with E-state index >= 15 is 0 Å². The summed E-state index contributed by atoms with van der Waals surface area (Å²) in [7, 11) is 2.23. The number of rotatable bonds is 2. The number of aromatic nitrogens is 2. The van der Waals surface area contributed by atoms with Gasteiger partial charge in [-0.25, -0.2) is 0 Å². The van der Waals surface area contributed by atoms with Crippen molar-refractivity contribution in [1.29, 1.82) is 0 Å². The van der Waals surface area contributed by atoms with E-state index in [9.17, 15) is 4.79 Å². The summed E-state index contributed by atoms with van der Waals surface area (Å²) >= 11 is 0. The number of hydrogen-bond donors (Lipinski definition) is 0. The molecule has 0 saturated carbocycles. The number of benzene rings is 1. The quantitative estimate of drug-likeness (QED) is 0.836. The predicted octanol–water partition coefficient (Wildman–Crippen LogP) is 2.82. The summed E-state index contributed by atoms with van der Waals surface area (Å²) in [5.74, 6) is 0.592. The summed E-state index contributed by atoms with van der Waals surface area (Å²) in [5.41, 5.74) is 2.20. The maximum Gasteiger partial charge on any atom is 0.274 e. The lowest BCUT2D eigenvalue weighted by molar-refractivity contribution is 0.0221. The van der Waals surface area contributed by atoms with E-state index in [-0.39, 0.29) is 5.91 Å². The Hall–Kier alpha value is -2.27. The number of hydrogen-bond acceptors (Lipinski definition) is 4. The van der Waals surface area contributed by atoms with Crippen molar-refractivity contribution < 1.29 is 4.79 Å². The Bertz CT molecular complexity index is 741. The Morgan fingerprint density at radius 3 is 2.58 bits per heavy atom. The monoisotopic (exact) mass is 350 g/mol. The molecule has 5 nitrogen and oxygen atoms in total. The molecule has 2 saturated heterocycles. The Morgan fingerprint density at radius 2 is 1.88 bits per heavy atom. The molecule has 0 radical (unpaired) electrons. The second-order valence-electron chi connectivity index (χ2n) is 7.91. The molecule has 4 rings (SSSR count). The largest absolute Gasteiger partial charge is 0.337 e. The third kappa shape index (κ3) is 3.49. The lowest BCUT2D eigenvalue weighted by Gasteiger charge is -2.49. The van der Waals surface area contributed by atoms with Gasteiger partial charge >= 0.3 is 0 Å². The van der Waals surface area contributed by atoms with Crippen molar-refractivity contribution in [2.24, 2.45) is 5.41 Å². The normalized spacial score (nSPS) is 23.1. The molecule has 0 aliphatic carbocycles. The third-order valence-corrected chi connectivity index (χ3v) is 5.99. The molecule has 1 amide bonds. The topological polar surface area (TPSA) is 49.3 Å². The number of amides is 1. The van der Waals surface area contributed by atoms with Crippen LogP contribution in [0.3, 0.4) is 0 Å². The molecule has 1 spiro atoms. The van der Waals surface area contributed by atoms with E-state index in [4.69, 9.17) is 0 Å². The zero-order valence-corrected chi connectivity index (χ0v) is 15.3. The molecule has 0 N–H and O–H groups in total. The van der Waals surface area contributed by atoms with Crippen LogP contribution in [0.5, 0.6) is 0 Å². The van der Waals surface area contributed by atoms with Crippen molar-refractivity contribution in [3.63, 3.8) is 0 Å². The first-order valence-electron chi connectivity index (χ1n) is 9.46. The minimum Gasteiger partial charge on any atom is -0.337 e. The van der Waals surface area contributed by atoms with E-state index in [0.29, 0.717) is 17.0 Å². The molecule has 1 aromatic carbocycles. The van der Waals surface area contributed by atoms with Crippen molar-refractivity contribution in [2.45, 2.75) is 25.2 Å². The van der Waals surface area contributed by atoms with Crippen molar-refractivity contribution in [3.8, 4) is 0 Å². The maximum absolute atomic E-state index is 12.6. The fourth-order valence-corrected chi connectivity index (χ4v) is 4.74. The van der Waals surface area contributed by atoms with Crippen LogP contribution in [0.4, 0.5) is 0 Å². The fourth-order valence-electron chi connectivity index (χ4n) is 4.74. The average Bonchev–Trinajstić information content (AvgIpc) is 2.69. The molecule has 1 atom stereocenters. The van der Waals surface area contributed by atoms with Gasteiger partial charge in [-0.15, -0.1) is 5.10 Å². The van der Waals surface area contributed by atoms with Gasteiger partial charge in [-0.3, -0.25) is 4.79 Å². The van der Waals surface area contributed by atoms with Gasteiger partial charge in [0.25, 0.3) is 5.91 Å². The summed E-state index contributed by atoms with van der Waals surface area (Å²) in [6.45, 7) is 3.87. The van der Waals surface area contributed by atoms with Crippen LogP contribution in [0.15, 0.2) is 48.7 Å². The number of piperidine rings is 2. The first-order valence-corrected chi connectivity index (χ1v) is 9.46. The highest BCUT2D eigenvalue weighted by Gasteiger charge is 2.42. The van der Waals surface area contributed by atoms with Crippen LogP contribution in [-0.2, 0) is 0 Å². The van der Waals surface area contributed by atoms with E-state index in [1.807, 2.05) is 4.90 Å². The van der Waals surface area contributed by atoms with Crippen molar-refractivity contribution in [3.05, 3.63) is 59.9 Å². The summed E-state index contributed by atoms with van der Waals surface area (Å²) < 4.78 is 0. The Labute approximate surface area is 155 Å². The third-order valence-electron chi connectivity index (χ3n) is 5.99. The van der Waals surface area contributed by atoms with E-state index in [2.05, 4.69) is 52.5 Å². The lowest BCUT2D eigenvalue weighted by Crippen LogP contribution is -2.51. The second kappa shape index (κ2) is 7.16. The first kappa shape index (κ1) is 17.2. The molecule has 2 aromatic rings. The van der Waals surface area contributed by atoms with E-state index in [1.54, 1.807) is 18.3 Å². The maximum atomic E-state index is 12.6. The highest BCUT2D eigenvalue weighted by atomic mass is 16.2. The van der Waals surface area contributed by atoms with Crippen LogP contribution in [-0.4, -0.2) is 59.1 Å². The molecule has 5 heteroatoms. The summed E-state index contributed by atoms with van der Waals surface area (Å²) in [6, 6.07) is 14.4. The summed E-state index contributed by atoms with van der Waals surface area (Å²) in [5, 5.41) is 7.81. The number of likely N-dealkylation sites (N-methyl/N-ethyl adjacent to an activating group) is 1. The molecule has 2 fully saturated rings. The average molecular weight is 350 g/mol. The van der Waals surface area contributed by atoms with Gasteiger partial charge in [-0.2, -0.15) is 5.10 Å². The molecule has 26 heavy (non-hydrogen) atoms.